The van der Waals surface area contributed by atoms with Crippen molar-refractivity contribution in [1.29, 1.82) is 0 Å². The zero-order valence-electron chi connectivity index (χ0n) is 19.0. The molecule has 1 atom stereocenters. The van der Waals surface area contributed by atoms with Crippen LogP contribution < -0.4 is 11.1 Å². The van der Waals surface area contributed by atoms with Crippen LogP contribution in [0.2, 0.25) is 0 Å². The molecule has 1 aliphatic heterocycles. The van der Waals surface area contributed by atoms with E-state index in [1.165, 1.54) is 6.07 Å². The number of halogens is 3. The van der Waals surface area contributed by atoms with E-state index in [4.69, 9.17) is 15.2 Å². The Hall–Kier alpha value is -2.98. The second-order valence-corrected chi connectivity index (χ2v) is 9.49. The van der Waals surface area contributed by atoms with E-state index in [-0.39, 0.29) is 18.1 Å². The third-order valence-electron chi connectivity index (χ3n) is 4.22. The van der Waals surface area contributed by atoms with Crippen molar-refractivity contribution in [3.05, 3.63) is 29.6 Å². The first-order chi connectivity index (χ1) is 14.5. The molecule has 178 valence electrons. The summed E-state index contributed by atoms with van der Waals surface area (Å²) in [7, 11) is 0. The lowest BCUT2D eigenvalue weighted by Gasteiger charge is -2.40. The zero-order valence-corrected chi connectivity index (χ0v) is 19.0. The molecule has 32 heavy (non-hydrogen) atoms. The molecule has 8 nitrogen and oxygen atoms in total. The fourth-order valence-electron chi connectivity index (χ4n) is 3.04. The van der Waals surface area contributed by atoms with Gasteiger partial charge in [-0.3, -0.25) is 15.2 Å². The van der Waals surface area contributed by atoms with E-state index in [1.807, 2.05) is 0 Å². The van der Waals surface area contributed by atoms with E-state index in [0.717, 1.165) is 17.0 Å². The highest BCUT2D eigenvalue weighted by molar-refractivity contribution is 5.98. The maximum atomic E-state index is 14.7. The standard InChI is InChI=1S/C21H29F3N4O4/c1-19(2,3)31-17(29)26-15-10-28(18(30)32-20(4,5)6)11-21(27-15,16(23)24)13-9-12(25)7-8-14(13)22/h7-9,16H,10-11,25H2,1-6H3,(H,26,27,29). The quantitative estimate of drug-likeness (QED) is 0.651. The fourth-order valence-corrected chi connectivity index (χ4v) is 3.04. The number of hydrogen-bond donors (Lipinski definition) is 2. The van der Waals surface area contributed by atoms with Crippen molar-refractivity contribution in [2.45, 2.75) is 64.7 Å². The predicted molar refractivity (Wildman–Crippen MR) is 113 cm³/mol. The number of alkyl halides is 2. The molecule has 0 spiro atoms. The number of anilines is 1. The van der Waals surface area contributed by atoms with Gasteiger partial charge in [-0.2, -0.15) is 0 Å². The van der Waals surface area contributed by atoms with Gasteiger partial charge >= 0.3 is 12.2 Å². The molecule has 1 aromatic rings. The number of carbonyl (C=O) groups excluding carboxylic acids is 2. The molecule has 0 radical (unpaired) electrons. The molecule has 0 bridgehead atoms. The average molecular weight is 458 g/mol. The number of amidine groups is 1. The summed E-state index contributed by atoms with van der Waals surface area (Å²) in [5.74, 6) is -1.29. The van der Waals surface area contributed by atoms with Crippen LogP contribution in [-0.4, -0.2) is 53.6 Å². The molecule has 1 unspecified atom stereocenters. The fraction of sp³-hybridized carbons (Fsp3) is 0.571. The molecule has 3 N–H and O–H groups in total. The molecule has 11 heteroatoms. The number of aliphatic imine (C=N–C) groups is 1. The van der Waals surface area contributed by atoms with Gasteiger partial charge in [-0.25, -0.2) is 22.8 Å². The summed E-state index contributed by atoms with van der Waals surface area (Å²) in [6, 6.07) is 3.20. The Bertz CT molecular complexity index is 909. The van der Waals surface area contributed by atoms with Gasteiger partial charge < -0.3 is 15.2 Å². The first kappa shape index (κ1) is 25.3. The SMILES string of the molecule is CC(C)(C)OC(=O)NC1=NC(c2cc(N)ccc2F)(C(F)F)CN(C(=O)OC(C)(C)C)C1. The topological polar surface area (TPSA) is 106 Å². The van der Waals surface area contributed by atoms with Crippen molar-refractivity contribution in [1.82, 2.24) is 10.2 Å². The summed E-state index contributed by atoms with van der Waals surface area (Å²) in [6.45, 7) is 8.64. The predicted octanol–water partition coefficient (Wildman–Crippen LogP) is 4.04. The van der Waals surface area contributed by atoms with Gasteiger partial charge in [-0.05, 0) is 59.7 Å². The van der Waals surface area contributed by atoms with Crippen molar-refractivity contribution < 1.29 is 32.2 Å². The number of amides is 2. The molecule has 1 heterocycles. The third-order valence-corrected chi connectivity index (χ3v) is 4.22. The van der Waals surface area contributed by atoms with E-state index in [0.29, 0.717) is 0 Å². The number of nitrogens with two attached hydrogens (primary N) is 1. The molecule has 2 amide bonds. The number of ether oxygens (including phenoxy) is 2. The largest absolute Gasteiger partial charge is 0.444 e. The minimum Gasteiger partial charge on any atom is -0.444 e. The van der Waals surface area contributed by atoms with Crippen LogP contribution in [0.15, 0.2) is 23.2 Å². The highest BCUT2D eigenvalue weighted by Crippen LogP contribution is 2.38. The molecule has 0 saturated carbocycles. The lowest BCUT2D eigenvalue weighted by atomic mass is 9.88. The Labute approximate surface area is 184 Å². The number of carbonyl (C=O) groups is 2. The maximum Gasteiger partial charge on any atom is 0.413 e. The van der Waals surface area contributed by atoms with E-state index in [1.54, 1.807) is 41.5 Å². The summed E-state index contributed by atoms with van der Waals surface area (Å²) >= 11 is 0. The Morgan fingerprint density at radius 3 is 2.28 bits per heavy atom. The molecule has 0 aromatic heterocycles. The van der Waals surface area contributed by atoms with E-state index < -0.39 is 53.3 Å². The number of alkyl carbamates (subject to hydrolysis) is 1. The van der Waals surface area contributed by atoms with Crippen LogP contribution in [0.25, 0.3) is 0 Å². The van der Waals surface area contributed by atoms with Gasteiger partial charge in [0.05, 0.1) is 13.1 Å². The van der Waals surface area contributed by atoms with E-state index in [9.17, 15) is 22.8 Å². The first-order valence-electron chi connectivity index (χ1n) is 9.93. The molecule has 0 fully saturated rings. The molecule has 2 rings (SSSR count). The summed E-state index contributed by atoms with van der Waals surface area (Å²) in [5, 5.41) is 2.29. The second-order valence-electron chi connectivity index (χ2n) is 9.49. The van der Waals surface area contributed by atoms with Gasteiger partial charge in [0.1, 0.15) is 22.9 Å². The first-order valence-corrected chi connectivity index (χ1v) is 9.93. The van der Waals surface area contributed by atoms with E-state index >= 15 is 0 Å². The molecular formula is C21H29F3N4O4. The van der Waals surface area contributed by atoms with Crippen LogP contribution >= 0.6 is 0 Å². The minimum absolute atomic E-state index is 0.0349. The van der Waals surface area contributed by atoms with Gasteiger partial charge in [0, 0.05) is 11.3 Å². The lowest BCUT2D eigenvalue weighted by molar-refractivity contribution is -0.00252. The van der Waals surface area contributed by atoms with Crippen LogP contribution in [0.5, 0.6) is 0 Å². The highest BCUT2D eigenvalue weighted by atomic mass is 19.3. The Balaban J connectivity index is 2.56. The van der Waals surface area contributed by atoms with Crippen molar-refractivity contribution in [3.8, 4) is 0 Å². The van der Waals surface area contributed by atoms with Gasteiger partial charge in [0.15, 0.2) is 5.54 Å². The van der Waals surface area contributed by atoms with Gasteiger partial charge in [0.2, 0.25) is 0 Å². The molecule has 0 saturated heterocycles. The average Bonchev–Trinajstić information content (AvgIpc) is 2.60. The van der Waals surface area contributed by atoms with Crippen LogP contribution in [0.1, 0.15) is 47.1 Å². The Kier molecular flexibility index (Phi) is 7.01. The van der Waals surface area contributed by atoms with Crippen LogP contribution in [0.4, 0.5) is 28.4 Å². The Morgan fingerprint density at radius 2 is 1.75 bits per heavy atom. The summed E-state index contributed by atoms with van der Waals surface area (Å²) in [5.41, 5.74) is 0.909. The number of rotatable bonds is 2. The van der Waals surface area contributed by atoms with E-state index in [2.05, 4.69) is 10.3 Å². The van der Waals surface area contributed by atoms with Crippen molar-refractivity contribution in [2.24, 2.45) is 4.99 Å². The minimum atomic E-state index is -3.25. The number of nitrogen functional groups attached to an aromatic ring is 1. The number of hydrogen-bond acceptors (Lipinski definition) is 6. The van der Waals surface area contributed by atoms with Crippen molar-refractivity contribution in [2.75, 3.05) is 18.8 Å². The summed E-state index contributed by atoms with van der Waals surface area (Å²) in [6.07, 6.45) is -5.14. The van der Waals surface area contributed by atoms with Crippen LogP contribution in [0.3, 0.4) is 0 Å². The third kappa shape index (κ3) is 6.27. The number of nitrogens with one attached hydrogen (secondary N) is 1. The summed E-state index contributed by atoms with van der Waals surface area (Å²) < 4.78 is 54.1. The second kappa shape index (κ2) is 8.87. The Morgan fingerprint density at radius 1 is 1.16 bits per heavy atom. The van der Waals surface area contributed by atoms with Gasteiger partial charge in [-0.1, -0.05) is 0 Å². The number of benzene rings is 1. The molecule has 1 aliphatic rings. The van der Waals surface area contributed by atoms with Crippen LogP contribution in [0, 0.1) is 5.82 Å². The van der Waals surface area contributed by atoms with Gasteiger partial charge in [0.25, 0.3) is 6.43 Å². The summed E-state index contributed by atoms with van der Waals surface area (Å²) in [4.78, 5) is 29.9. The monoisotopic (exact) mass is 458 g/mol. The smallest absolute Gasteiger partial charge is 0.413 e. The molecule has 0 aliphatic carbocycles. The van der Waals surface area contributed by atoms with Crippen LogP contribution in [-0.2, 0) is 15.0 Å². The lowest BCUT2D eigenvalue weighted by Crippen LogP contribution is -2.57. The maximum absolute atomic E-state index is 14.7. The van der Waals surface area contributed by atoms with Gasteiger partial charge in [-0.15, -0.1) is 0 Å². The molecular weight excluding hydrogens is 429 g/mol. The van der Waals surface area contributed by atoms with Crippen molar-refractivity contribution in [3.63, 3.8) is 0 Å². The number of nitrogens with zero attached hydrogens (tertiary/aromatic N) is 2. The molecule has 1 aromatic carbocycles. The highest BCUT2D eigenvalue weighted by Gasteiger charge is 2.50. The zero-order chi connectivity index (χ0) is 24.5. The van der Waals surface area contributed by atoms with Crippen molar-refractivity contribution >= 4 is 23.7 Å². The normalized spacial score (nSPS) is 19.4.